The molecule has 0 spiro atoms. The van der Waals surface area contributed by atoms with Gasteiger partial charge in [0.1, 0.15) is 10.5 Å². The zero-order chi connectivity index (χ0) is 6.24. The molecule has 7 heteroatoms. The molecule has 0 unspecified atom stereocenters. The van der Waals surface area contributed by atoms with Crippen molar-refractivity contribution >= 4 is 37.0 Å². The van der Waals surface area contributed by atoms with Gasteiger partial charge in [0, 0.05) is 0 Å². The smallest absolute Gasteiger partial charge is 0.359 e. The minimum Gasteiger partial charge on any atom is -0.502 e. The summed E-state index contributed by atoms with van der Waals surface area (Å²) in [6.45, 7) is 0.410. The van der Waals surface area contributed by atoms with Crippen molar-refractivity contribution in [2.75, 3.05) is 0 Å². The fourth-order valence-corrected chi connectivity index (χ4v) is 3.07. The Hall–Kier alpha value is 0.0406. The Bertz CT molecular complexity index is 57.2. The Morgan fingerprint density at radius 1 is 1.50 bits per heavy atom. The van der Waals surface area contributed by atoms with Crippen molar-refractivity contribution in [3.05, 3.63) is 0 Å². The maximum absolute atomic E-state index is 9.48. The van der Waals surface area contributed by atoms with Crippen molar-refractivity contribution in [1.29, 1.82) is 0 Å². The fraction of sp³-hybridized carbons (Fsp3) is 0. The van der Waals surface area contributed by atoms with Crippen molar-refractivity contribution in [1.82, 2.24) is 0 Å². The van der Waals surface area contributed by atoms with Crippen LogP contribution in [0.1, 0.15) is 0 Å². The molecule has 0 fully saturated rings. The summed E-state index contributed by atoms with van der Waals surface area (Å²) in [5, 5.41) is 0. The molecule has 4 nitrogen and oxygen atoms in total. The monoisotopic (exact) mass is 168 g/mol. The number of rotatable bonds is 5. The Morgan fingerprint density at radius 3 is 2.75 bits per heavy atom. The molecule has 0 amide bonds. The molecule has 0 aromatic carbocycles. The lowest BCUT2D eigenvalue weighted by atomic mass is 11.7. The van der Waals surface area contributed by atoms with Gasteiger partial charge in [0.05, 0.1) is 0 Å². The van der Waals surface area contributed by atoms with E-state index < -0.39 is 20.0 Å². The molecule has 0 aromatic heterocycles. The largest absolute Gasteiger partial charge is 0.502 e. The van der Waals surface area contributed by atoms with Crippen LogP contribution in [-0.2, 0) is 17.5 Å². The van der Waals surface area contributed by atoms with Crippen LogP contribution in [0.15, 0.2) is 0 Å². The third-order valence-electron chi connectivity index (χ3n) is 0.421. The van der Waals surface area contributed by atoms with Gasteiger partial charge in [-0.15, -0.1) is 0 Å². The van der Waals surface area contributed by atoms with E-state index in [1.807, 2.05) is 0 Å². The Kier molecular flexibility index (Phi) is 7.08. The predicted octanol–water partition coefficient (Wildman–Crippen LogP) is -3.53. The van der Waals surface area contributed by atoms with Gasteiger partial charge in [0.15, 0.2) is 0 Å². The van der Waals surface area contributed by atoms with E-state index in [0.717, 1.165) is 10.5 Å². The van der Waals surface area contributed by atoms with Gasteiger partial charge in [0.25, 0.3) is 16.5 Å². The SMILES string of the molecule is O=CO[SiH2]O[SiH2]O[SiH3]. The van der Waals surface area contributed by atoms with Crippen LogP contribution in [0.2, 0.25) is 0 Å². The van der Waals surface area contributed by atoms with Crippen LogP contribution in [0, 0.1) is 0 Å². The molecule has 0 saturated carbocycles. The molecule has 0 aliphatic heterocycles. The lowest BCUT2D eigenvalue weighted by molar-refractivity contribution is -0.121. The van der Waals surface area contributed by atoms with Crippen molar-refractivity contribution in [3.63, 3.8) is 0 Å². The van der Waals surface area contributed by atoms with Gasteiger partial charge in [-0.2, -0.15) is 0 Å². The molecule has 0 heterocycles. The highest BCUT2D eigenvalue weighted by Gasteiger charge is 1.83. The quantitative estimate of drug-likeness (QED) is 0.242. The van der Waals surface area contributed by atoms with E-state index in [1.165, 1.54) is 0 Å². The average Bonchev–Trinajstić information content (AvgIpc) is 1.81. The third kappa shape index (κ3) is 6.04. The lowest BCUT2D eigenvalue weighted by Crippen LogP contribution is -2.09. The van der Waals surface area contributed by atoms with Crippen molar-refractivity contribution in [3.8, 4) is 0 Å². The molecule has 8 heavy (non-hydrogen) atoms. The van der Waals surface area contributed by atoms with Crippen molar-refractivity contribution < 1.29 is 17.5 Å². The zero-order valence-corrected chi connectivity index (χ0v) is 9.45. The first-order chi connectivity index (χ1) is 3.91. The summed E-state index contributed by atoms with van der Waals surface area (Å²) in [6, 6.07) is 0. The topological polar surface area (TPSA) is 44.8 Å². The van der Waals surface area contributed by atoms with E-state index in [2.05, 4.69) is 4.43 Å². The summed E-state index contributed by atoms with van der Waals surface area (Å²) >= 11 is 0. The number of carbonyl (C=O) groups is 1. The van der Waals surface area contributed by atoms with Crippen molar-refractivity contribution in [2.45, 2.75) is 0 Å². The minimum atomic E-state index is -1.01. The molecule has 0 aliphatic rings. The summed E-state index contributed by atoms with van der Waals surface area (Å²) in [6.07, 6.45) is 0. The van der Waals surface area contributed by atoms with Crippen LogP contribution >= 0.6 is 0 Å². The molecule has 0 aliphatic carbocycles. The fourth-order valence-electron chi connectivity index (χ4n) is 0.193. The van der Waals surface area contributed by atoms with Gasteiger partial charge in [0.2, 0.25) is 0 Å². The van der Waals surface area contributed by atoms with Gasteiger partial charge in [-0.1, -0.05) is 0 Å². The molecule has 0 bridgehead atoms. The van der Waals surface area contributed by atoms with Crippen LogP contribution in [0.3, 0.4) is 0 Å². The van der Waals surface area contributed by atoms with Crippen LogP contribution in [-0.4, -0.2) is 37.0 Å². The zero-order valence-electron chi connectivity index (χ0n) is 4.62. The van der Waals surface area contributed by atoms with Gasteiger partial charge in [-0.05, 0) is 0 Å². The maximum Gasteiger partial charge on any atom is 0.359 e. The molecular weight excluding hydrogens is 160 g/mol. The van der Waals surface area contributed by atoms with E-state index in [4.69, 9.17) is 8.23 Å². The van der Waals surface area contributed by atoms with Crippen LogP contribution in [0.25, 0.3) is 0 Å². The summed E-state index contributed by atoms with van der Waals surface area (Å²) in [4.78, 5) is 9.48. The van der Waals surface area contributed by atoms with Gasteiger partial charge >= 0.3 is 10.0 Å². The third-order valence-corrected chi connectivity index (χ3v) is 2.97. The summed E-state index contributed by atoms with van der Waals surface area (Å²) in [7, 11) is -1.05. The Labute approximate surface area is 55.2 Å². The van der Waals surface area contributed by atoms with E-state index in [-0.39, 0.29) is 0 Å². The number of hydrogen-bond acceptors (Lipinski definition) is 4. The van der Waals surface area contributed by atoms with Crippen molar-refractivity contribution in [2.24, 2.45) is 0 Å². The number of carbonyl (C=O) groups excluding carboxylic acids is 1. The molecule has 0 radical (unpaired) electrons. The summed E-state index contributed by atoms with van der Waals surface area (Å²) < 4.78 is 14.0. The second-order valence-electron chi connectivity index (χ2n) is 0.991. The van der Waals surface area contributed by atoms with E-state index in [9.17, 15) is 4.79 Å². The molecular formula is CH8O4Si3. The first-order valence-corrected chi connectivity index (χ1v) is 5.16. The second-order valence-corrected chi connectivity index (χ2v) is 5.74. The normalized spacial score (nSPS) is 12.0. The molecule has 0 N–H and O–H groups in total. The van der Waals surface area contributed by atoms with Crippen LogP contribution in [0.5, 0.6) is 0 Å². The van der Waals surface area contributed by atoms with E-state index in [1.54, 1.807) is 0 Å². The highest BCUT2D eigenvalue weighted by atomic mass is 28.4. The lowest BCUT2D eigenvalue weighted by Gasteiger charge is -1.97. The first kappa shape index (κ1) is 8.04. The Balaban J connectivity index is 2.62. The standard InChI is InChI=1S/CH8O4Si3/c2-1-3-7-5-8-4-6/h1H,7-8H2,6H3. The highest BCUT2D eigenvalue weighted by Crippen LogP contribution is 1.65. The molecule has 0 aromatic rings. The maximum atomic E-state index is 9.48. The van der Waals surface area contributed by atoms with Gasteiger partial charge in [-0.3, -0.25) is 4.79 Å². The first-order valence-electron chi connectivity index (χ1n) is 2.03. The van der Waals surface area contributed by atoms with E-state index in [0.29, 0.717) is 6.47 Å². The van der Waals surface area contributed by atoms with Crippen LogP contribution in [0.4, 0.5) is 0 Å². The molecule has 0 rings (SSSR count). The van der Waals surface area contributed by atoms with Crippen LogP contribution < -0.4 is 0 Å². The Morgan fingerprint density at radius 2 is 2.25 bits per heavy atom. The molecule has 48 valence electrons. The number of hydrogen-bond donors (Lipinski definition) is 0. The minimum absolute atomic E-state index is 0.410. The second kappa shape index (κ2) is 7.04. The van der Waals surface area contributed by atoms with Gasteiger partial charge < -0.3 is 12.7 Å². The average molecular weight is 168 g/mol. The summed E-state index contributed by atoms with van der Waals surface area (Å²) in [5.41, 5.74) is 0. The van der Waals surface area contributed by atoms with E-state index >= 15 is 0 Å². The van der Waals surface area contributed by atoms with Gasteiger partial charge in [-0.25, -0.2) is 0 Å². The highest BCUT2D eigenvalue weighted by molar-refractivity contribution is 6.38. The predicted molar refractivity (Wildman–Crippen MR) is 36.3 cm³/mol. The molecule has 0 atom stereocenters. The summed E-state index contributed by atoms with van der Waals surface area (Å²) in [5.74, 6) is 0. The molecule has 0 saturated heterocycles.